The second-order valence-electron chi connectivity index (χ2n) is 2.68. The molecule has 0 aliphatic carbocycles. The van der Waals surface area contributed by atoms with Crippen LogP contribution in [0.5, 0.6) is 5.75 Å². The van der Waals surface area contributed by atoms with E-state index in [0.717, 1.165) is 12.1 Å². The molecule has 78 valence electrons. The summed E-state index contributed by atoms with van der Waals surface area (Å²) in [5.41, 5.74) is -1.37. The van der Waals surface area contributed by atoms with Crippen molar-refractivity contribution >= 4 is 18.2 Å². The Labute approximate surface area is 83.4 Å². The predicted molar refractivity (Wildman–Crippen MR) is 47.4 cm³/mol. The Bertz CT molecular complexity index is 448. The van der Waals surface area contributed by atoms with Gasteiger partial charge < -0.3 is 15.3 Å². The van der Waals surface area contributed by atoms with Gasteiger partial charge in [0.25, 0.3) is 0 Å². The highest BCUT2D eigenvalue weighted by molar-refractivity contribution is 6.02. The molecule has 0 spiro atoms. The molecular formula is C9H6O6. The molecule has 0 amide bonds. The topological polar surface area (TPSA) is 112 Å². The summed E-state index contributed by atoms with van der Waals surface area (Å²) in [6.45, 7) is 0. The van der Waals surface area contributed by atoms with E-state index < -0.39 is 34.4 Å². The van der Waals surface area contributed by atoms with Crippen LogP contribution in [0.25, 0.3) is 0 Å². The molecule has 0 aromatic heterocycles. The third kappa shape index (κ3) is 1.93. The average molecular weight is 210 g/mol. The van der Waals surface area contributed by atoms with Crippen molar-refractivity contribution in [1.82, 2.24) is 0 Å². The zero-order valence-corrected chi connectivity index (χ0v) is 7.30. The molecule has 0 radical (unpaired) electrons. The maximum Gasteiger partial charge on any atom is 0.336 e. The van der Waals surface area contributed by atoms with Crippen molar-refractivity contribution in [3.63, 3.8) is 0 Å². The molecule has 0 saturated heterocycles. The highest BCUT2D eigenvalue weighted by Gasteiger charge is 2.17. The van der Waals surface area contributed by atoms with E-state index in [2.05, 4.69) is 0 Å². The fraction of sp³-hybridized carbons (Fsp3) is 0. The molecule has 1 aromatic carbocycles. The lowest BCUT2D eigenvalue weighted by atomic mass is 10.0. The van der Waals surface area contributed by atoms with Gasteiger partial charge in [0.2, 0.25) is 0 Å². The number of hydrogen-bond acceptors (Lipinski definition) is 4. The Morgan fingerprint density at radius 1 is 1.13 bits per heavy atom. The van der Waals surface area contributed by atoms with Gasteiger partial charge >= 0.3 is 11.9 Å². The van der Waals surface area contributed by atoms with E-state index >= 15 is 0 Å². The van der Waals surface area contributed by atoms with Gasteiger partial charge in [-0.15, -0.1) is 0 Å². The van der Waals surface area contributed by atoms with E-state index in [1.807, 2.05) is 0 Å². The number of carbonyl (C=O) groups excluding carboxylic acids is 1. The van der Waals surface area contributed by atoms with Crippen LogP contribution < -0.4 is 0 Å². The smallest absolute Gasteiger partial charge is 0.336 e. The van der Waals surface area contributed by atoms with Gasteiger partial charge in [-0.2, -0.15) is 0 Å². The number of phenols is 1. The Morgan fingerprint density at radius 2 is 1.73 bits per heavy atom. The van der Waals surface area contributed by atoms with E-state index in [0.29, 0.717) is 0 Å². The third-order valence-electron chi connectivity index (χ3n) is 1.75. The number of benzene rings is 1. The summed E-state index contributed by atoms with van der Waals surface area (Å²) in [5, 5.41) is 26.5. The second-order valence-corrected chi connectivity index (χ2v) is 2.68. The molecule has 0 heterocycles. The van der Waals surface area contributed by atoms with Crippen LogP contribution in [0.2, 0.25) is 0 Å². The molecule has 0 fully saturated rings. The van der Waals surface area contributed by atoms with Crippen LogP contribution in [0.15, 0.2) is 12.1 Å². The summed E-state index contributed by atoms with van der Waals surface area (Å²) in [4.78, 5) is 31.6. The summed E-state index contributed by atoms with van der Waals surface area (Å²) >= 11 is 0. The minimum absolute atomic E-state index is 0.157. The summed E-state index contributed by atoms with van der Waals surface area (Å²) in [6, 6.07) is 1.63. The minimum Gasteiger partial charge on any atom is -0.507 e. The molecule has 3 N–H and O–H groups in total. The van der Waals surface area contributed by atoms with Gasteiger partial charge in [-0.05, 0) is 12.1 Å². The molecule has 6 heteroatoms. The lowest BCUT2D eigenvalue weighted by molar-refractivity contribution is 0.0693. The zero-order chi connectivity index (χ0) is 11.6. The lowest BCUT2D eigenvalue weighted by Gasteiger charge is -2.04. The summed E-state index contributed by atoms with van der Waals surface area (Å²) in [6.07, 6.45) is 0.157. The fourth-order valence-corrected chi connectivity index (χ4v) is 1.06. The molecular weight excluding hydrogens is 204 g/mol. The van der Waals surface area contributed by atoms with Crippen molar-refractivity contribution in [3.8, 4) is 5.75 Å². The van der Waals surface area contributed by atoms with Gasteiger partial charge in [-0.1, -0.05) is 0 Å². The zero-order valence-electron chi connectivity index (χ0n) is 7.30. The van der Waals surface area contributed by atoms with Gasteiger partial charge in [0.15, 0.2) is 6.29 Å². The largest absolute Gasteiger partial charge is 0.507 e. The Balaban J connectivity index is 3.52. The number of phenolic OH excluding ortho intramolecular Hbond substituents is 1. The molecule has 0 aliphatic rings. The van der Waals surface area contributed by atoms with Crippen LogP contribution in [-0.2, 0) is 0 Å². The van der Waals surface area contributed by atoms with Crippen molar-refractivity contribution < 1.29 is 29.7 Å². The van der Waals surface area contributed by atoms with Crippen LogP contribution in [0.1, 0.15) is 31.1 Å². The standard InChI is InChI=1S/C9H6O6/c10-3-6-5(9(14)15)1-4(8(12)13)2-7(6)11/h1-3,11H,(H,12,13)(H,14,15). The van der Waals surface area contributed by atoms with E-state index in [9.17, 15) is 19.5 Å². The van der Waals surface area contributed by atoms with Crippen LogP contribution in [0.3, 0.4) is 0 Å². The van der Waals surface area contributed by atoms with E-state index in [1.54, 1.807) is 0 Å². The number of aldehydes is 1. The second kappa shape index (κ2) is 3.79. The summed E-state index contributed by atoms with van der Waals surface area (Å²) < 4.78 is 0. The first-order valence-electron chi connectivity index (χ1n) is 3.76. The van der Waals surface area contributed by atoms with Crippen molar-refractivity contribution in [2.24, 2.45) is 0 Å². The molecule has 6 nitrogen and oxygen atoms in total. The fourth-order valence-electron chi connectivity index (χ4n) is 1.06. The summed E-state index contributed by atoms with van der Waals surface area (Å²) in [7, 11) is 0. The van der Waals surface area contributed by atoms with Crippen LogP contribution >= 0.6 is 0 Å². The lowest BCUT2D eigenvalue weighted by Crippen LogP contribution is -2.06. The number of aromatic hydroxyl groups is 1. The first kappa shape index (κ1) is 10.7. The number of carboxylic acids is 2. The molecule has 0 saturated carbocycles. The van der Waals surface area contributed by atoms with Gasteiger partial charge in [0.05, 0.1) is 16.7 Å². The number of hydrogen-bond donors (Lipinski definition) is 3. The average Bonchev–Trinajstić information content (AvgIpc) is 2.16. The number of aromatic carboxylic acids is 2. The quantitative estimate of drug-likeness (QED) is 0.630. The van der Waals surface area contributed by atoms with E-state index in [-0.39, 0.29) is 6.29 Å². The monoisotopic (exact) mass is 210 g/mol. The number of carboxylic acid groups (broad SMARTS) is 2. The first-order valence-corrected chi connectivity index (χ1v) is 3.76. The highest BCUT2D eigenvalue weighted by Crippen LogP contribution is 2.22. The summed E-state index contributed by atoms with van der Waals surface area (Å²) in [5.74, 6) is -3.52. The molecule has 0 aliphatic heterocycles. The van der Waals surface area contributed by atoms with Crippen molar-refractivity contribution in [2.75, 3.05) is 0 Å². The third-order valence-corrected chi connectivity index (χ3v) is 1.75. The maximum absolute atomic E-state index is 10.6. The molecule has 15 heavy (non-hydrogen) atoms. The molecule has 0 unspecified atom stereocenters. The van der Waals surface area contributed by atoms with Gasteiger partial charge in [0, 0.05) is 0 Å². The SMILES string of the molecule is O=Cc1c(O)cc(C(=O)O)cc1C(=O)O. The van der Waals surface area contributed by atoms with Gasteiger partial charge in [-0.25, -0.2) is 9.59 Å². The Kier molecular flexibility index (Phi) is 2.70. The normalized spacial score (nSPS) is 9.60. The molecule has 1 rings (SSSR count). The Hall–Kier alpha value is -2.37. The van der Waals surface area contributed by atoms with Crippen molar-refractivity contribution in [1.29, 1.82) is 0 Å². The molecule has 0 bridgehead atoms. The van der Waals surface area contributed by atoms with Crippen LogP contribution in [0.4, 0.5) is 0 Å². The van der Waals surface area contributed by atoms with E-state index in [4.69, 9.17) is 10.2 Å². The molecule has 0 atom stereocenters. The van der Waals surface area contributed by atoms with Crippen LogP contribution in [0, 0.1) is 0 Å². The van der Waals surface area contributed by atoms with Gasteiger partial charge in [0.1, 0.15) is 5.75 Å². The molecule has 1 aromatic rings. The Morgan fingerprint density at radius 3 is 2.13 bits per heavy atom. The maximum atomic E-state index is 10.6. The number of rotatable bonds is 3. The minimum atomic E-state index is -1.48. The number of carbonyl (C=O) groups is 3. The highest BCUT2D eigenvalue weighted by atomic mass is 16.4. The predicted octanol–water partition coefficient (Wildman–Crippen LogP) is 0.601. The van der Waals surface area contributed by atoms with E-state index in [1.165, 1.54) is 0 Å². The van der Waals surface area contributed by atoms with Gasteiger partial charge in [-0.3, -0.25) is 4.79 Å². The van der Waals surface area contributed by atoms with Crippen LogP contribution in [-0.4, -0.2) is 33.5 Å². The van der Waals surface area contributed by atoms with Crippen molar-refractivity contribution in [3.05, 3.63) is 28.8 Å². The van der Waals surface area contributed by atoms with Crippen molar-refractivity contribution in [2.45, 2.75) is 0 Å². The first-order chi connectivity index (χ1) is 6.97.